The lowest BCUT2D eigenvalue weighted by Gasteiger charge is -2.11. The van der Waals surface area contributed by atoms with Crippen LogP contribution in [0, 0.1) is 34.9 Å². The number of aryl methyl sites for hydroxylation is 2. The van der Waals surface area contributed by atoms with E-state index in [0.29, 0.717) is 30.5 Å². The molecule has 0 bridgehead atoms. The molecular formula is C33H24F8. The molecule has 0 aliphatic carbocycles. The van der Waals surface area contributed by atoms with Gasteiger partial charge < -0.3 is 0 Å². The highest BCUT2D eigenvalue weighted by molar-refractivity contribution is 5.72. The zero-order valence-electron chi connectivity index (χ0n) is 21.9. The van der Waals surface area contributed by atoms with Crippen molar-refractivity contribution in [2.24, 2.45) is 0 Å². The summed E-state index contributed by atoms with van der Waals surface area (Å²) in [5.41, 5.74) is -0.0546. The highest BCUT2D eigenvalue weighted by Crippen LogP contribution is 2.33. The Morgan fingerprint density at radius 3 is 1.80 bits per heavy atom. The second-order valence-electron chi connectivity index (χ2n) is 9.43. The maximum atomic E-state index is 15.0. The molecule has 0 fully saturated rings. The van der Waals surface area contributed by atoms with Crippen LogP contribution < -0.4 is 0 Å². The maximum Gasteiger partial charge on any atom is 0.194 e. The van der Waals surface area contributed by atoms with E-state index in [1.54, 1.807) is 18.2 Å². The Kier molecular flexibility index (Phi) is 9.42. The Morgan fingerprint density at radius 2 is 1.22 bits per heavy atom. The van der Waals surface area contributed by atoms with Crippen LogP contribution in [0.15, 0.2) is 84.7 Å². The van der Waals surface area contributed by atoms with Gasteiger partial charge in [-0.1, -0.05) is 55.8 Å². The second kappa shape index (κ2) is 13.0. The molecular weight excluding hydrogens is 548 g/mol. The number of unbranched alkanes of at least 4 members (excludes halogenated alkanes) is 1. The molecule has 4 aromatic carbocycles. The van der Waals surface area contributed by atoms with Gasteiger partial charge in [-0.2, -0.15) is 0 Å². The molecule has 4 rings (SSSR count). The fourth-order valence-electron chi connectivity index (χ4n) is 4.33. The summed E-state index contributed by atoms with van der Waals surface area (Å²) in [6.45, 7) is 1.92. The highest BCUT2D eigenvalue weighted by Gasteiger charge is 2.18. The van der Waals surface area contributed by atoms with Crippen molar-refractivity contribution >= 4 is 5.83 Å². The predicted molar refractivity (Wildman–Crippen MR) is 144 cm³/mol. The van der Waals surface area contributed by atoms with E-state index >= 15 is 0 Å². The van der Waals surface area contributed by atoms with E-state index in [1.807, 2.05) is 6.92 Å². The van der Waals surface area contributed by atoms with Gasteiger partial charge >= 0.3 is 0 Å². The van der Waals surface area contributed by atoms with Crippen molar-refractivity contribution in [3.05, 3.63) is 136 Å². The summed E-state index contributed by atoms with van der Waals surface area (Å²) in [6, 6.07) is 12.6. The number of halogens is 8. The van der Waals surface area contributed by atoms with Gasteiger partial charge in [-0.15, -0.1) is 0 Å². The van der Waals surface area contributed by atoms with Gasteiger partial charge in [0, 0.05) is 11.1 Å². The number of hydrogen-bond acceptors (Lipinski definition) is 0. The van der Waals surface area contributed by atoms with Crippen molar-refractivity contribution in [2.45, 2.75) is 32.6 Å². The van der Waals surface area contributed by atoms with Crippen molar-refractivity contribution in [2.75, 3.05) is 0 Å². The fraction of sp³-hybridized carbons (Fsp3) is 0.152. The molecule has 0 aliphatic rings. The standard InChI is InChI=1S/C33H24F8/c1-2-3-4-5-25(34)32(40)21-10-8-19(9-11-21)6-7-20-14-27(36)31(28(37)15-20)22-12-13-24(26(35)16-22)23-17-29(38)33(41)30(39)18-23/h4-5,8-18H,2-3,6-7H2,1H3/b5-4+,32-25+. The summed E-state index contributed by atoms with van der Waals surface area (Å²) >= 11 is 0. The van der Waals surface area contributed by atoms with Crippen LogP contribution in [0.4, 0.5) is 35.1 Å². The minimum atomic E-state index is -1.70. The van der Waals surface area contributed by atoms with E-state index in [2.05, 4.69) is 0 Å². The molecule has 0 spiro atoms. The lowest BCUT2D eigenvalue weighted by molar-refractivity contribution is 0.447. The smallest absolute Gasteiger partial charge is 0.194 e. The summed E-state index contributed by atoms with van der Waals surface area (Å²) in [6.07, 6.45) is 4.68. The van der Waals surface area contributed by atoms with Crippen LogP contribution in [0.3, 0.4) is 0 Å². The zero-order valence-corrected chi connectivity index (χ0v) is 21.9. The number of benzene rings is 4. The third kappa shape index (κ3) is 6.93. The molecule has 41 heavy (non-hydrogen) atoms. The van der Waals surface area contributed by atoms with Crippen LogP contribution >= 0.6 is 0 Å². The van der Waals surface area contributed by atoms with E-state index < -0.39 is 52.1 Å². The first kappa shape index (κ1) is 29.8. The normalized spacial score (nSPS) is 12.2. The van der Waals surface area contributed by atoms with E-state index in [1.165, 1.54) is 18.2 Å². The minimum absolute atomic E-state index is 0.0711. The minimum Gasteiger partial charge on any atom is -0.206 e. The van der Waals surface area contributed by atoms with Crippen LogP contribution in [0.5, 0.6) is 0 Å². The van der Waals surface area contributed by atoms with Gasteiger partial charge in [0.1, 0.15) is 17.5 Å². The van der Waals surface area contributed by atoms with Crippen LogP contribution in [-0.2, 0) is 12.8 Å². The Bertz CT molecular complexity index is 1570. The quantitative estimate of drug-likeness (QED) is 0.106. The van der Waals surface area contributed by atoms with Gasteiger partial charge in [-0.05, 0) is 77.9 Å². The van der Waals surface area contributed by atoms with Crippen LogP contribution in [-0.4, -0.2) is 0 Å². The van der Waals surface area contributed by atoms with Crippen LogP contribution in [0.2, 0.25) is 0 Å². The average Bonchev–Trinajstić information content (AvgIpc) is 2.94. The first-order chi connectivity index (χ1) is 19.6. The molecule has 0 amide bonds. The van der Waals surface area contributed by atoms with E-state index in [4.69, 9.17) is 0 Å². The van der Waals surface area contributed by atoms with E-state index in [-0.39, 0.29) is 28.7 Å². The zero-order chi connectivity index (χ0) is 29.7. The van der Waals surface area contributed by atoms with Gasteiger partial charge in [-0.25, -0.2) is 35.1 Å². The molecule has 0 aliphatic heterocycles. The Morgan fingerprint density at radius 1 is 0.634 bits per heavy atom. The third-order valence-electron chi connectivity index (χ3n) is 6.49. The molecule has 0 nitrogen and oxygen atoms in total. The van der Waals surface area contributed by atoms with Crippen LogP contribution in [0.25, 0.3) is 28.1 Å². The molecule has 8 heteroatoms. The van der Waals surface area contributed by atoms with E-state index in [0.717, 1.165) is 42.3 Å². The summed E-state index contributed by atoms with van der Waals surface area (Å²) in [4.78, 5) is 0. The molecule has 0 radical (unpaired) electrons. The molecule has 0 saturated carbocycles. The molecule has 0 unspecified atom stereocenters. The van der Waals surface area contributed by atoms with Gasteiger partial charge in [0.25, 0.3) is 0 Å². The van der Waals surface area contributed by atoms with Gasteiger partial charge in [0.2, 0.25) is 0 Å². The first-order valence-corrected chi connectivity index (χ1v) is 12.8. The molecule has 0 N–H and O–H groups in total. The molecule has 0 atom stereocenters. The molecule has 212 valence electrons. The monoisotopic (exact) mass is 572 g/mol. The Balaban J connectivity index is 1.49. The highest BCUT2D eigenvalue weighted by atomic mass is 19.2. The molecule has 0 aromatic heterocycles. The van der Waals surface area contributed by atoms with Gasteiger partial charge in [0.05, 0.1) is 5.56 Å². The summed E-state index contributed by atoms with van der Waals surface area (Å²) in [7, 11) is 0. The molecule has 0 saturated heterocycles. The Hall–Kier alpha value is -4.20. The Labute approximate surface area is 232 Å². The summed E-state index contributed by atoms with van der Waals surface area (Å²) in [5.74, 6) is -9.54. The van der Waals surface area contributed by atoms with Crippen molar-refractivity contribution in [1.82, 2.24) is 0 Å². The second-order valence-corrected chi connectivity index (χ2v) is 9.43. The topological polar surface area (TPSA) is 0 Å². The fourth-order valence-corrected chi connectivity index (χ4v) is 4.33. The largest absolute Gasteiger partial charge is 0.206 e. The van der Waals surface area contributed by atoms with Crippen LogP contribution in [0.1, 0.15) is 36.5 Å². The van der Waals surface area contributed by atoms with Crippen molar-refractivity contribution in [3.63, 3.8) is 0 Å². The summed E-state index contributed by atoms with van der Waals surface area (Å²) < 4.78 is 113. The number of rotatable bonds is 9. The SMILES string of the molecule is CCC/C=C/C(F)=C(\F)c1ccc(CCc2cc(F)c(-c3ccc(-c4cc(F)c(F)c(F)c4)c(F)c3)c(F)c2)cc1. The lowest BCUT2D eigenvalue weighted by Crippen LogP contribution is -1.98. The van der Waals surface area contributed by atoms with Crippen molar-refractivity contribution in [1.29, 1.82) is 0 Å². The van der Waals surface area contributed by atoms with E-state index in [9.17, 15) is 35.1 Å². The molecule has 4 aromatic rings. The van der Waals surface area contributed by atoms with Crippen molar-refractivity contribution < 1.29 is 35.1 Å². The average molecular weight is 573 g/mol. The number of hydrogen-bond donors (Lipinski definition) is 0. The maximum absolute atomic E-state index is 15.0. The van der Waals surface area contributed by atoms with Crippen molar-refractivity contribution in [3.8, 4) is 22.3 Å². The summed E-state index contributed by atoms with van der Waals surface area (Å²) in [5, 5.41) is 0. The third-order valence-corrected chi connectivity index (χ3v) is 6.49. The van der Waals surface area contributed by atoms with Gasteiger partial charge in [0.15, 0.2) is 29.1 Å². The predicted octanol–water partition coefficient (Wildman–Crippen LogP) is 10.6. The number of allylic oxidation sites excluding steroid dienone is 3. The van der Waals surface area contributed by atoms with Gasteiger partial charge in [-0.3, -0.25) is 0 Å². The lowest BCUT2D eigenvalue weighted by atomic mass is 9.96. The molecule has 0 heterocycles. The first-order valence-electron chi connectivity index (χ1n) is 12.8.